The van der Waals surface area contributed by atoms with Gasteiger partial charge in [0.05, 0.1) is 24.7 Å². The molecule has 2 rings (SSSR count). The van der Waals surface area contributed by atoms with E-state index >= 15 is 0 Å². The summed E-state index contributed by atoms with van der Waals surface area (Å²) < 4.78 is 5.52. The summed E-state index contributed by atoms with van der Waals surface area (Å²) >= 11 is 5.78. The molecule has 0 N–H and O–H groups in total. The lowest BCUT2D eigenvalue weighted by atomic mass is 10.0. The van der Waals surface area contributed by atoms with E-state index in [1.54, 1.807) is 0 Å². The lowest BCUT2D eigenvalue weighted by molar-refractivity contribution is 0.109. The molecule has 0 spiro atoms. The Kier molecular flexibility index (Phi) is 2.72. The van der Waals surface area contributed by atoms with Crippen LogP contribution in [0, 0.1) is 17.2 Å². The Bertz CT molecular complexity index is 355. The van der Waals surface area contributed by atoms with Crippen molar-refractivity contribution in [3.8, 4) is 6.07 Å². The summed E-state index contributed by atoms with van der Waals surface area (Å²) in [6, 6.07) is 9.82. The molecular formula is C11H10ClNO. The molecule has 1 aliphatic rings. The van der Waals surface area contributed by atoms with E-state index in [2.05, 4.69) is 6.07 Å². The van der Waals surface area contributed by atoms with E-state index in [1.807, 2.05) is 24.3 Å². The SMILES string of the molecule is N#C[C@H]1CO[C@@H](c2ccc(Cl)cc2)C1. The monoisotopic (exact) mass is 207 g/mol. The Morgan fingerprint density at radius 1 is 1.36 bits per heavy atom. The zero-order chi connectivity index (χ0) is 9.97. The minimum absolute atomic E-state index is 0.0377. The molecule has 1 heterocycles. The average Bonchev–Trinajstić information content (AvgIpc) is 2.67. The molecule has 3 heteroatoms. The highest BCUT2D eigenvalue weighted by molar-refractivity contribution is 6.30. The second-order valence-corrected chi connectivity index (χ2v) is 3.87. The van der Waals surface area contributed by atoms with Crippen molar-refractivity contribution in [3.05, 3.63) is 34.9 Å². The maximum atomic E-state index is 8.72. The molecule has 2 nitrogen and oxygen atoms in total. The van der Waals surface area contributed by atoms with Gasteiger partial charge in [0.15, 0.2) is 0 Å². The number of benzene rings is 1. The zero-order valence-corrected chi connectivity index (χ0v) is 8.37. The summed E-state index contributed by atoms with van der Waals surface area (Å²) in [6.07, 6.45) is 0.856. The van der Waals surface area contributed by atoms with Gasteiger partial charge in [0.1, 0.15) is 0 Å². The predicted octanol–water partition coefficient (Wildman–Crippen LogP) is 2.94. The summed E-state index contributed by atoms with van der Waals surface area (Å²) in [5.74, 6) is 0.0377. The van der Waals surface area contributed by atoms with Gasteiger partial charge >= 0.3 is 0 Å². The smallest absolute Gasteiger partial charge is 0.0839 e. The van der Waals surface area contributed by atoms with Crippen molar-refractivity contribution in [2.24, 2.45) is 5.92 Å². The molecule has 1 aromatic carbocycles. The van der Waals surface area contributed by atoms with Crippen molar-refractivity contribution in [1.82, 2.24) is 0 Å². The fourth-order valence-electron chi connectivity index (χ4n) is 1.63. The molecule has 1 fully saturated rings. The minimum Gasteiger partial charge on any atom is -0.372 e. The van der Waals surface area contributed by atoms with Crippen LogP contribution in [0.3, 0.4) is 0 Å². The molecule has 0 unspecified atom stereocenters. The van der Waals surface area contributed by atoms with E-state index in [1.165, 1.54) is 0 Å². The molecule has 0 aliphatic carbocycles. The maximum Gasteiger partial charge on any atom is 0.0839 e. The van der Waals surface area contributed by atoms with E-state index in [4.69, 9.17) is 21.6 Å². The van der Waals surface area contributed by atoms with Crippen molar-refractivity contribution in [1.29, 1.82) is 5.26 Å². The first-order valence-electron chi connectivity index (χ1n) is 4.56. The number of rotatable bonds is 1. The molecule has 72 valence electrons. The zero-order valence-electron chi connectivity index (χ0n) is 7.61. The number of halogens is 1. The van der Waals surface area contributed by atoms with Crippen LogP contribution in [0.1, 0.15) is 18.1 Å². The molecule has 0 radical (unpaired) electrons. The Labute approximate surface area is 88.1 Å². The molecule has 0 saturated carbocycles. The number of nitrogens with zero attached hydrogens (tertiary/aromatic N) is 1. The molecule has 1 saturated heterocycles. The van der Waals surface area contributed by atoms with Gasteiger partial charge in [-0.05, 0) is 24.1 Å². The summed E-state index contributed by atoms with van der Waals surface area (Å²) in [5, 5.41) is 9.45. The second kappa shape index (κ2) is 4.00. The van der Waals surface area contributed by atoms with Gasteiger partial charge in [-0.1, -0.05) is 23.7 Å². The average molecular weight is 208 g/mol. The van der Waals surface area contributed by atoms with Gasteiger partial charge in [0, 0.05) is 5.02 Å². The standard InChI is InChI=1S/C11H10ClNO/c12-10-3-1-9(2-4-10)11-5-8(6-13)7-14-11/h1-4,8,11H,5,7H2/t8-,11+/m0/s1. The lowest BCUT2D eigenvalue weighted by Crippen LogP contribution is -1.94. The first-order chi connectivity index (χ1) is 6.79. The Morgan fingerprint density at radius 2 is 2.07 bits per heavy atom. The highest BCUT2D eigenvalue weighted by Crippen LogP contribution is 2.32. The first-order valence-corrected chi connectivity index (χ1v) is 4.94. The topological polar surface area (TPSA) is 33.0 Å². The second-order valence-electron chi connectivity index (χ2n) is 3.44. The van der Waals surface area contributed by atoms with Crippen LogP contribution in [0.4, 0.5) is 0 Å². The van der Waals surface area contributed by atoms with E-state index in [0.29, 0.717) is 6.61 Å². The molecule has 1 aromatic rings. The summed E-state index contributed by atoms with van der Waals surface area (Å²) in [6.45, 7) is 0.545. The largest absolute Gasteiger partial charge is 0.372 e. The first kappa shape index (κ1) is 9.51. The van der Waals surface area contributed by atoms with Gasteiger partial charge in [-0.25, -0.2) is 0 Å². The van der Waals surface area contributed by atoms with E-state index < -0.39 is 0 Å². The molecule has 0 amide bonds. The molecule has 0 bridgehead atoms. The van der Waals surface area contributed by atoms with Crippen molar-refractivity contribution in [3.63, 3.8) is 0 Å². The third kappa shape index (κ3) is 1.89. The number of nitriles is 1. The van der Waals surface area contributed by atoms with Gasteiger partial charge < -0.3 is 4.74 Å². The number of hydrogen-bond acceptors (Lipinski definition) is 2. The van der Waals surface area contributed by atoms with Gasteiger partial charge in [-0.15, -0.1) is 0 Å². The van der Waals surface area contributed by atoms with Crippen LogP contribution in [0.2, 0.25) is 5.02 Å². The fourth-order valence-corrected chi connectivity index (χ4v) is 1.75. The normalized spacial score (nSPS) is 26.0. The van der Waals surface area contributed by atoms with Crippen molar-refractivity contribution < 1.29 is 4.74 Å². The molecule has 2 atom stereocenters. The van der Waals surface area contributed by atoms with Gasteiger partial charge in [-0.2, -0.15) is 5.26 Å². The van der Waals surface area contributed by atoms with Crippen molar-refractivity contribution in [2.45, 2.75) is 12.5 Å². The third-order valence-corrected chi connectivity index (χ3v) is 2.67. The molecular weight excluding hydrogens is 198 g/mol. The Balaban J connectivity index is 2.10. The number of hydrogen-bond donors (Lipinski definition) is 0. The van der Waals surface area contributed by atoms with Crippen LogP contribution in [0.15, 0.2) is 24.3 Å². The lowest BCUT2D eigenvalue weighted by Gasteiger charge is -2.08. The third-order valence-electron chi connectivity index (χ3n) is 2.42. The molecule has 1 aliphatic heterocycles. The summed E-state index contributed by atoms with van der Waals surface area (Å²) in [4.78, 5) is 0. The molecule has 14 heavy (non-hydrogen) atoms. The van der Waals surface area contributed by atoms with Crippen LogP contribution in [-0.4, -0.2) is 6.61 Å². The van der Waals surface area contributed by atoms with Crippen LogP contribution in [0.5, 0.6) is 0 Å². The maximum absolute atomic E-state index is 8.72. The van der Waals surface area contributed by atoms with E-state index in [9.17, 15) is 0 Å². The van der Waals surface area contributed by atoms with Crippen LogP contribution < -0.4 is 0 Å². The van der Waals surface area contributed by atoms with Crippen molar-refractivity contribution in [2.75, 3.05) is 6.61 Å². The number of ether oxygens (including phenoxy) is 1. The van der Waals surface area contributed by atoms with E-state index in [0.717, 1.165) is 17.0 Å². The summed E-state index contributed by atoms with van der Waals surface area (Å²) in [5.41, 5.74) is 1.10. The Hall–Kier alpha value is -1.04. The predicted molar refractivity (Wildman–Crippen MR) is 53.9 cm³/mol. The van der Waals surface area contributed by atoms with Crippen LogP contribution in [-0.2, 0) is 4.74 Å². The van der Waals surface area contributed by atoms with Crippen molar-refractivity contribution >= 4 is 11.6 Å². The van der Waals surface area contributed by atoms with Gasteiger partial charge in [-0.3, -0.25) is 0 Å². The quantitative estimate of drug-likeness (QED) is 0.710. The van der Waals surface area contributed by atoms with Gasteiger partial charge in [0.2, 0.25) is 0 Å². The Morgan fingerprint density at radius 3 is 2.64 bits per heavy atom. The fraction of sp³-hybridized carbons (Fsp3) is 0.364. The highest BCUT2D eigenvalue weighted by atomic mass is 35.5. The molecule has 0 aromatic heterocycles. The van der Waals surface area contributed by atoms with Crippen LogP contribution >= 0.6 is 11.6 Å². The van der Waals surface area contributed by atoms with Crippen LogP contribution in [0.25, 0.3) is 0 Å². The highest BCUT2D eigenvalue weighted by Gasteiger charge is 2.26. The van der Waals surface area contributed by atoms with Gasteiger partial charge in [0.25, 0.3) is 0 Å². The van der Waals surface area contributed by atoms with E-state index in [-0.39, 0.29) is 12.0 Å². The minimum atomic E-state index is 0.0377. The summed E-state index contributed by atoms with van der Waals surface area (Å²) in [7, 11) is 0.